The highest BCUT2D eigenvalue weighted by molar-refractivity contribution is 5.77. The van der Waals surface area contributed by atoms with E-state index in [0.717, 1.165) is 12.8 Å². The van der Waals surface area contributed by atoms with Crippen molar-refractivity contribution in [2.24, 2.45) is 0 Å². The topological polar surface area (TPSA) is 61.4 Å². The molecule has 1 amide bonds. The molecule has 0 aromatic carbocycles. The van der Waals surface area contributed by atoms with Crippen molar-refractivity contribution in [3.8, 4) is 0 Å². The van der Waals surface area contributed by atoms with Gasteiger partial charge in [0, 0.05) is 19.0 Å². The Morgan fingerprint density at radius 3 is 2.25 bits per heavy atom. The molecule has 0 spiro atoms. The third-order valence-electron chi connectivity index (χ3n) is 2.97. The van der Waals surface area contributed by atoms with Crippen molar-refractivity contribution >= 4 is 5.91 Å². The molecule has 0 aromatic heterocycles. The van der Waals surface area contributed by atoms with Crippen molar-refractivity contribution in [1.82, 2.24) is 10.6 Å². The van der Waals surface area contributed by atoms with Crippen molar-refractivity contribution in [2.75, 3.05) is 13.2 Å². The van der Waals surface area contributed by atoms with Gasteiger partial charge in [0.1, 0.15) is 0 Å². The Kier molecular flexibility index (Phi) is 7.34. The van der Waals surface area contributed by atoms with Crippen LogP contribution in [-0.4, -0.2) is 35.7 Å². The Morgan fingerprint density at radius 1 is 1.31 bits per heavy atom. The number of carbonyl (C=O) groups is 1. The first-order chi connectivity index (χ1) is 7.49. The minimum absolute atomic E-state index is 0.00332. The molecule has 16 heavy (non-hydrogen) atoms. The highest BCUT2D eigenvalue weighted by Gasteiger charge is 2.26. The highest BCUT2D eigenvalue weighted by Crippen LogP contribution is 2.13. The molecule has 4 heteroatoms. The molecule has 0 bridgehead atoms. The number of hydrogen-bond donors (Lipinski definition) is 3. The van der Waals surface area contributed by atoms with Crippen molar-refractivity contribution in [3.63, 3.8) is 0 Å². The molecule has 0 aliphatic heterocycles. The van der Waals surface area contributed by atoms with Crippen LogP contribution in [0.4, 0.5) is 0 Å². The minimum atomic E-state index is -0.436. The van der Waals surface area contributed by atoms with Crippen molar-refractivity contribution in [1.29, 1.82) is 0 Å². The van der Waals surface area contributed by atoms with E-state index in [-0.39, 0.29) is 12.5 Å². The number of hydrogen-bond acceptors (Lipinski definition) is 3. The maximum Gasteiger partial charge on any atom is 0.221 e. The van der Waals surface area contributed by atoms with E-state index < -0.39 is 5.54 Å². The Hall–Kier alpha value is -0.610. The van der Waals surface area contributed by atoms with E-state index >= 15 is 0 Å². The van der Waals surface area contributed by atoms with Crippen LogP contribution < -0.4 is 10.6 Å². The monoisotopic (exact) mass is 230 g/mol. The standard InChI is InChI=1S/C12H26N2O2/c1-5-12(6-2,9-15)14-11(16)7-8-13-10(3)4/h10,13,15H,5-9H2,1-4H3,(H,14,16). The Morgan fingerprint density at radius 2 is 1.88 bits per heavy atom. The fraction of sp³-hybridized carbons (Fsp3) is 0.917. The summed E-state index contributed by atoms with van der Waals surface area (Å²) in [5.74, 6) is 0.00546. The Balaban J connectivity index is 4.01. The summed E-state index contributed by atoms with van der Waals surface area (Å²) in [5, 5.41) is 15.4. The summed E-state index contributed by atoms with van der Waals surface area (Å²) in [6.45, 7) is 8.74. The molecule has 3 N–H and O–H groups in total. The molecule has 0 unspecified atom stereocenters. The van der Waals surface area contributed by atoms with Gasteiger partial charge < -0.3 is 15.7 Å². The van der Waals surface area contributed by atoms with Crippen molar-refractivity contribution < 1.29 is 9.90 Å². The lowest BCUT2D eigenvalue weighted by Gasteiger charge is -2.30. The van der Waals surface area contributed by atoms with Gasteiger partial charge in [-0.25, -0.2) is 0 Å². The lowest BCUT2D eigenvalue weighted by atomic mass is 9.94. The molecule has 4 nitrogen and oxygen atoms in total. The first-order valence-electron chi connectivity index (χ1n) is 6.15. The van der Waals surface area contributed by atoms with E-state index in [4.69, 9.17) is 0 Å². The molecule has 0 aliphatic carbocycles. The van der Waals surface area contributed by atoms with Gasteiger partial charge in [-0.15, -0.1) is 0 Å². The van der Waals surface area contributed by atoms with Crippen LogP contribution in [0, 0.1) is 0 Å². The lowest BCUT2D eigenvalue weighted by Crippen LogP contribution is -2.51. The van der Waals surface area contributed by atoms with E-state index in [9.17, 15) is 9.90 Å². The summed E-state index contributed by atoms with van der Waals surface area (Å²) in [6, 6.07) is 0.396. The van der Waals surface area contributed by atoms with Gasteiger partial charge in [-0.3, -0.25) is 4.79 Å². The van der Waals surface area contributed by atoms with Crippen LogP contribution in [0.2, 0.25) is 0 Å². The number of carbonyl (C=O) groups excluding carboxylic acids is 1. The first kappa shape index (κ1) is 15.4. The van der Waals surface area contributed by atoms with Crippen LogP contribution >= 0.6 is 0 Å². The second-order valence-electron chi connectivity index (χ2n) is 4.55. The number of aliphatic hydroxyl groups excluding tert-OH is 1. The second kappa shape index (κ2) is 7.63. The summed E-state index contributed by atoms with van der Waals surface area (Å²) in [7, 11) is 0. The van der Waals surface area contributed by atoms with Gasteiger partial charge in [-0.05, 0) is 12.8 Å². The largest absolute Gasteiger partial charge is 0.394 e. The van der Waals surface area contributed by atoms with Gasteiger partial charge in [-0.2, -0.15) is 0 Å². The predicted octanol–water partition coefficient (Wildman–Crippen LogP) is 1.04. The van der Waals surface area contributed by atoms with Crippen LogP contribution in [0.25, 0.3) is 0 Å². The molecular formula is C12H26N2O2. The number of aliphatic hydroxyl groups is 1. The predicted molar refractivity (Wildman–Crippen MR) is 66.3 cm³/mol. The van der Waals surface area contributed by atoms with E-state index in [2.05, 4.69) is 10.6 Å². The fourth-order valence-corrected chi connectivity index (χ4v) is 1.52. The third kappa shape index (κ3) is 5.47. The third-order valence-corrected chi connectivity index (χ3v) is 2.97. The maximum absolute atomic E-state index is 11.7. The van der Waals surface area contributed by atoms with Gasteiger partial charge in [0.05, 0.1) is 12.1 Å². The van der Waals surface area contributed by atoms with Crippen LogP contribution in [0.1, 0.15) is 47.0 Å². The zero-order valence-electron chi connectivity index (χ0n) is 11.0. The second-order valence-corrected chi connectivity index (χ2v) is 4.55. The number of rotatable bonds is 8. The van der Waals surface area contributed by atoms with Gasteiger partial charge >= 0.3 is 0 Å². The summed E-state index contributed by atoms with van der Waals surface area (Å²) >= 11 is 0. The van der Waals surface area contributed by atoms with E-state index in [1.807, 2.05) is 27.7 Å². The molecule has 0 rings (SSSR count). The smallest absolute Gasteiger partial charge is 0.221 e. The molecule has 0 aliphatic rings. The SMILES string of the molecule is CCC(CC)(CO)NC(=O)CCNC(C)C. The Bertz CT molecular complexity index is 193. The zero-order chi connectivity index (χ0) is 12.6. The molecule has 0 saturated heterocycles. The molecule has 0 aromatic rings. The normalized spacial score (nSPS) is 11.9. The molecule has 0 heterocycles. The maximum atomic E-state index is 11.7. The zero-order valence-corrected chi connectivity index (χ0v) is 11.0. The molecule has 0 radical (unpaired) electrons. The summed E-state index contributed by atoms with van der Waals surface area (Å²) in [6.07, 6.45) is 1.96. The fourth-order valence-electron chi connectivity index (χ4n) is 1.52. The molecule has 0 saturated carbocycles. The minimum Gasteiger partial charge on any atom is -0.394 e. The van der Waals surface area contributed by atoms with Crippen molar-refractivity contribution in [2.45, 2.75) is 58.5 Å². The molecule has 0 atom stereocenters. The van der Waals surface area contributed by atoms with Crippen molar-refractivity contribution in [3.05, 3.63) is 0 Å². The van der Waals surface area contributed by atoms with Crippen LogP contribution in [0.15, 0.2) is 0 Å². The molecule has 0 fully saturated rings. The number of amides is 1. The van der Waals surface area contributed by atoms with Gasteiger partial charge in [0.25, 0.3) is 0 Å². The highest BCUT2D eigenvalue weighted by atomic mass is 16.3. The first-order valence-corrected chi connectivity index (χ1v) is 6.15. The van der Waals surface area contributed by atoms with E-state index in [0.29, 0.717) is 19.0 Å². The van der Waals surface area contributed by atoms with Gasteiger partial charge in [-0.1, -0.05) is 27.7 Å². The van der Waals surface area contributed by atoms with Crippen LogP contribution in [0.3, 0.4) is 0 Å². The molecule has 96 valence electrons. The quantitative estimate of drug-likeness (QED) is 0.584. The van der Waals surface area contributed by atoms with Crippen LogP contribution in [-0.2, 0) is 4.79 Å². The van der Waals surface area contributed by atoms with Crippen LogP contribution in [0.5, 0.6) is 0 Å². The summed E-state index contributed by atoms with van der Waals surface area (Å²) in [4.78, 5) is 11.7. The average Bonchev–Trinajstić information content (AvgIpc) is 2.25. The molecular weight excluding hydrogens is 204 g/mol. The Labute approximate surface area is 98.8 Å². The summed E-state index contributed by atoms with van der Waals surface area (Å²) < 4.78 is 0. The lowest BCUT2D eigenvalue weighted by molar-refractivity contribution is -0.123. The number of nitrogens with one attached hydrogen (secondary N) is 2. The van der Waals surface area contributed by atoms with Gasteiger partial charge in [0.15, 0.2) is 0 Å². The summed E-state index contributed by atoms with van der Waals surface area (Å²) in [5.41, 5.74) is -0.436. The van der Waals surface area contributed by atoms with Gasteiger partial charge in [0.2, 0.25) is 5.91 Å². The van der Waals surface area contributed by atoms with E-state index in [1.54, 1.807) is 0 Å². The average molecular weight is 230 g/mol. The van der Waals surface area contributed by atoms with E-state index in [1.165, 1.54) is 0 Å².